The summed E-state index contributed by atoms with van der Waals surface area (Å²) < 4.78 is 46.3. The summed E-state index contributed by atoms with van der Waals surface area (Å²) in [5, 5.41) is 0. The fourth-order valence-electron chi connectivity index (χ4n) is 1.38. The van der Waals surface area contributed by atoms with Crippen LogP contribution in [0.15, 0.2) is 24.3 Å². The van der Waals surface area contributed by atoms with Gasteiger partial charge in [-0.2, -0.15) is 13.2 Å². The van der Waals surface area contributed by atoms with Crippen molar-refractivity contribution >= 4 is 6.29 Å². The first kappa shape index (κ1) is 18.6. The van der Waals surface area contributed by atoms with Crippen molar-refractivity contribution < 1.29 is 27.4 Å². The van der Waals surface area contributed by atoms with Crippen LogP contribution in [0.4, 0.5) is 13.2 Å². The molecule has 0 bridgehead atoms. The maximum absolute atomic E-state index is 12.1. The highest BCUT2D eigenvalue weighted by molar-refractivity contribution is 5.77. The number of hydrogen-bond donors (Lipinski definition) is 0. The fraction of sp³-hybridized carbons (Fsp3) is 0.500. The topological polar surface area (TPSA) is 35.5 Å². The number of halogens is 3. The van der Waals surface area contributed by atoms with E-state index in [-0.39, 0.29) is 18.1 Å². The van der Waals surface area contributed by atoms with Gasteiger partial charge in [-0.3, -0.25) is 4.79 Å². The first-order valence-corrected chi connectivity index (χ1v) is 6.21. The molecular weight excluding hydrogens is 273 g/mol. The van der Waals surface area contributed by atoms with Gasteiger partial charge in [-0.25, -0.2) is 0 Å². The Morgan fingerprint density at radius 1 is 1.15 bits per heavy atom. The average Bonchev–Trinajstić information content (AvgIpc) is 2.39. The summed E-state index contributed by atoms with van der Waals surface area (Å²) in [4.78, 5) is 10.2. The monoisotopic (exact) mass is 292 g/mol. The Balaban J connectivity index is 0.000000396. The van der Waals surface area contributed by atoms with E-state index in [0.29, 0.717) is 0 Å². The molecule has 0 saturated carbocycles. The Hall–Kier alpha value is -1.40. The highest BCUT2D eigenvalue weighted by atomic mass is 19.4. The van der Waals surface area contributed by atoms with E-state index in [1.165, 1.54) is 12.1 Å². The summed E-state index contributed by atoms with van der Waals surface area (Å²) in [5.74, 6) is 0. The number of aldehydes is 1. The minimum Gasteiger partial charge on any atom is -0.353 e. The van der Waals surface area contributed by atoms with Gasteiger partial charge in [-0.05, 0) is 26.8 Å². The lowest BCUT2D eigenvalue weighted by atomic mass is 10.1. The van der Waals surface area contributed by atoms with Crippen molar-refractivity contribution in [3.05, 3.63) is 35.4 Å². The minimum atomic E-state index is -4.45. The van der Waals surface area contributed by atoms with Crippen LogP contribution in [0.1, 0.15) is 36.7 Å². The standard InChI is InChI=1S/C8H5F3O.C6H14O2/c9-8(10,11)7-4-2-1-3-6(7)5-12;1-4-7-6(3)8-5-2/h1-5H;6H,4-5H2,1-3H3. The molecule has 0 fully saturated rings. The zero-order chi connectivity index (χ0) is 15.6. The van der Waals surface area contributed by atoms with Crippen LogP contribution in [0.25, 0.3) is 0 Å². The molecule has 0 saturated heterocycles. The molecule has 0 N–H and O–H groups in total. The van der Waals surface area contributed by atoms with Gasteiger partial charge in [0.2, 0.25) is 0 Å². The second-order valence-corrected chi connectivity index (χ2v) is 3.68. The SMILES string of the molecule is CCOC(C)OCC.O=Cc1ccccc1C(F)(F)F. The smallest absolute Gasteiger partial charge is 0.353 e. The summed E-state index contributed by atoms with van der Waals surface area (Å²) in [7, 11) is 0. The molecule has 3 nitrogen and oxygen atoms in total. The third kappa shape index (κ3) is 7.25. The van der Waals surface area contributed by atoms with Gasteiger partial charge in [-0.15, -0.1) is 0 Å². The van der Waals surface area contributed by atoms with Crippen molar-refractivity contribution in [2.24, 2.45) is 0 Å². The number of ether oxygens (including phenoxy) is 2. The lowest BCUT2D eigenvalue weighted by molar-refractivity contribution is -0.137. The molecule has 0 aromatic heterocycles. The Morgan fingerprint density at radius 3 is 2.00 bits per heavy atom. The molecule has 1 aromatic carbocycles. The van der Waals surface area contributed by atoms with Crippen LogP contribution in [0, 0.1) is 0 Å². The Bertz CT molecular complexity index is 385. The van der Waals surface area contributed by atoms with Crippen molar-refractivity contribution in [2.45, 2.75) is 33.2 Å². The molecule has 0 radical (unpaired) electrons. The molecule has 114 valence electrons. The molecule has 0 atom stereocenters. The predicted molar refractivity (Wildman–Crippen MR) is 69.5 cm³/mol. The summed E-state index contributed by atoms with van der Waals surface area (Å²) in [5.41, 5.74) is -1.22. The van der Waals surface area contributed by atoms with Gasteiger partial charge < -0.3 is 9.47 Å². The lowest BCUT2D eigenvalue weighted by Gasteiger charge is -2.09. The summed E-state index contributed by atoms with van der Waals surface area (Å²) in [6, 6.07) is 4.65. The number of carbonyl (C=O) groups is 1. The number of hydrogen-bond acceptors (Lipinski definition) is 3. The van der Waals surface area contributed by atoms with Crippen molar-refractivity contribution in [1.29, 1.82) is 0 Å². The molecule has 0 aliphatic rings. The van der Waals surface area contributed by atoms with E-state index in [0.717, 1.165) is 25.3 Å². The van der Waals surface area contributed by atoms with Crippen LogP contribution in [-0.4, -0.2) is 25.8 Å². The van der Waals surface area contributed by atoms with Gasteiger partial charge in [0.05, 0.1) is 5.56 Å². The van der Waals surface area contributed by atoms with Crippen LogP contribution >= 0.6 is 0 Å². The van der Waals surface area contributed by atoms with E-state index in [1.807, 2.05) is 20.8 Å². The largest absolute Gasteiger partial charge is 0.417 e. The lowest BCUT2D eigenvalue weighted by Crippen LogP contribution is -2.11. The number of rotatable bonds is 5. The summed E-state index contributed by atoms with van der Waals surface area (Å²) >= 11 is 0. The maximum Gasteiger partial charge on any atom is 0.417 e. The molecule has 0 aliphatic carbocycles. The number of carbonyl (C=O) groups excluding carboxylic acids is 1. The molecule has 1 aromatic rings. The highest BCUT2D eigenvalue weighted by Crippen LogP contribution is 2.30. The Morgan fingerprint density at radius 2 is 1.65 bits per heavy atom. The van der Waals surface area contributed by atoms with Gasteiger partial charge in [0.25, 0.3) is 0 Å². The van der Waals surface area contributed by atoms with Crippen LogP contribution < -0.4 is 0 Å². The summed E-state index contributed by atoms with van der Waals surface area (Å²) in [6.07, 6.45) is -4.29. The van der Waals surface area contributed by atoms with E-state index < -0.39 is 11.7 Å². The quantitative estimate of drug-likeness (QED) is 0.609. The fourth-order valence-corrected chi connectivity index (χ4v) is 1.38. The zero-order valence-electron chi connectivity index (χ0n) is 11.7. The second-order valence-electron chi connectivity index (χ2n) is 3.68. The average molecular weight is 292 g/mol. The normalized spacial score (nSPS) is 10.9. The number of alkyl halides is 3. The van der Waals surface area contributed by atoms with Crippen LogP contribution in [0.2, 0.25) is 0 Å². The maximum atomic E-state index is 12.1. The van der Waals surface area contributed by atoms with Gasteiger partial charge in [-0.1, -0.05) is 18.2 Å². The van der Waals surface area contributed by atoms with Gasteiger partial charge >= 0.3 is 6.18 Å². The van der Waals surface area contributed by atoms with Crippen molar-refractivity contribution in [2.75, 3.05) is 13.2 Å². The molecule has 0 amide bonds. The van der Waals surface area contributed by atoms with E-state index >= 15 is 0 Å². The minimum absolute atomic E-state index is 0.0370. The third-order valence-electron chi connectivity index (χ3n) is 2.20. The molecule has 0 heterocycles. The van der Waals surface area contributed by atoms with Gasteiger partial charge in [0.15, 0.2) is 12.6 Å². The van der Waals surface area contributed by atoms with Crippen molar-refractivity contribution in [3.8, 4) is 0 Å². The molecule has 0 spiro atoms. The van der Waals surface area contributed by atoms with E-state index in [9.17, 15) is 18.0 Å². The Labute approximate surface area is 116 Å². The second kappa shape index (κ2) is 9.50. The first-order chi connectivity index (χ1) is 9.36. The zero-order valence-corrected chi connectivity index (χ0v) is 11.7. The summed E-state index contributed by atoms with van der Waals surface area (Å²) in [6.45, 7) is 7.25. The molecule has 0 aliphatic heterocycles. The predicted octanol–water partition coefficient (Wildman–Crippen LogP) is 3.92. The van der Waals surface area contributed by atoms with Crippen LogP contribution in [0.5, 0.6) is 0 Å². The first-order valence-electron chi connectivity index (χ1n) is 6.21. The molecule has 1 rings (SSSR count). The third-order valence-corrected chi connectivity index (χ3v) is 2.20. The van der Waals surface area contributed by atoms with Gasteiger partial charge in [0.1, 0.15) is 0 Å². The highest BCUT2D eigenvalue weighted by Gasteiger charge is 2.32. The Kier molecular flexibility index (Phi) is 8.83. The molecule has 20 heavy (non-hydrogen) atoms. The van der Waals surface area contributed by atoms with E-state index in [1.54, 1.807) is 0 Å². The van der Waals surface area contributed by atoms with Crippen LogP contribution in [0.3, 0.4) is 0 Å². The van der Waals surface area contributed by atoms with E-state index in [4.69, 9.17) is 9.47 Å². The van der Waals surface area contributed by atoms with E-state index in [2.05, 4.69) is 0 Å². The van der Waals surface area contributed by atoms with Crippen molar-refractivity contribution in [3.63, 3.8) is 0 Å². The molecule has 6 heteroatoms. The molecular formula is C14H19F3O3. The van der Waals surface area contributed by atoms with Crippen molar-refractivity contribution in [1.82, 2.24) is 0 Å². The number of benzene rings is 1. The molecule has 0 unspecified atom stereocenters. The van der Waals surface area contributed by atoms with Gasteiger partial charge in [0, 0.05) is 18.8 Å². The van der Waals surface area contributed by atoms with Crippen LogP contribution in [-0.2, 0) is 15.7 Å².